The summed E-state index contributed by atoms with van der Waals surface area (Å²) in [6.45, 7) is 0. The summed E-state index contributed by atoms with van der Waals surface area (Å²) in [6.07, 6.45) is 0. The third kappa shape index (κ3) is 1.85. The molecule has 2 aromatic carbocycles. The number of hydrogen-bond donors (Lipinski definition) is 1. The Morgan fingerprint density at radius 1 is 1.12 bits per heavy atom. The van der Waals surface area contributed by atoms with Gasteiger partial charge in [0.2, 0.25) is 11.3 Å². The van der Waals surface area contributed by atoms with Gasteiger partial charge in [-0.3, -0.25) is 0 Å². The highest BCUT2D eigenvalue weighted by Gasteiger charge is 2.17. The number of aromatic nitrogens is 1. The summed E-state index contributed by atoms with van der Waals surface area (Å²) in [5.41, 5.74) is 3.29. The van der Waals surface area contributed by atoms with Crippen molar-refractivity contribution in [2.45, 2.75) is 0 Å². The van der Waals surface area contributed by atoms with Gasteiger partial charge >= 0.3 is 0 Å². The number of anilines is 1. The first-order valence-electron chi connectivity index (χ1n) is 5.28. The SMILES string of the molecule is CNc1ccc2nc3ccccc3[s+]c2c1I. The first kappa shape index (κ1) is 11.1. The molecule has 0 aliphatic carbocycles. The number of halogens is 1. The van der Waals surface area contributed by atoms with Crippen LogP contribution in [0.3, 0.4) is 0 Å². The summed E-state index contributed by atoms with van der Waals surface area (Å²) >= 11 is 4.18. The molecule has 4 heteroatoms. The first-order chi connectivity index (χ1) is 8.29. The van der Waals surface area contributed by atoms with Gasteiger partial charge in [-0.05, 0) is 40.8 Å². The second kappa shape index (κ2) is 4.34. The fourth-order valence-corrected chi connectivity index (χ4v) is 3.86. The average molecular weight is 353 g/mol. The number of rotatable bonds is 1. The van der Waals surface area contributed by atoms with Gasteiger partial charge in [-0.2, -0.15) is 0 Å². The molecule has 0 amide bonds. The van der Waals surface area contributed by atoms with Crippen LogP contribution in [0.5, 0.6) is 0 Å². The summed E-state index contributed by atoms with van der Waals surface area (Å²) in [4.78, 5) is 4.69. The predicted octanol–water partition coefficient (Wildman–Crippen LogP) is 4.38. The number of para-hydroxylation sites is 1. The summed E-state index contributed by atoms with van der Waals surface area (Å²) in [5, 5.41) is 3.21. The van der Waals surface area contributed by atoms with Crippen molar-refractivity contribution in [2.24, 2.45) is 0 Å². The van der Waals surface area contributed by atoms with Crippen LogP contribution in [0.2, 0.25) is 0 Å². The molecule has 0 fully saturated rings. The Bertz CT molecular complexity index is 712. The molecule has 2 nitrogen and oxygen atoms in total. The molecule has 0 atom stereocenters. The van der Waals surface area contributed by atoms with Crippen LogP contribution in [0.4, 0.5) is 5.69 Å². The summed E-state index contributed by atoms with van der Waals surface area (Å²) in [5.74, 6) is 0. The zero-order valence-corrected chi connectivity index (χ0v) is 12.2. The molecule has 1 N–H and O–H groups in total. The summed E-state index contributed by atoms with van der Waals surface area (Å²) in [7, 11) is 1.95. The molecule has 1 aromatic heterocycles. The maximum absolute atomic E-state index is 4.69. The van der Waals surface area contributed by atoms with Crippen LogP contribution in [-0.2, 0) is 0 Å². The van der Waals surface area contributed by atoms with Crippen LogP contribution < -0.4 is 5.32 Å². The van der Waals surface area contributed by atoms with Crippen LogP contribution >= 0.6 is 33.9 Å². The van der Waals surface area contributed by atoms with E-state index in [2.05, 4.69) is 58.2 Å². The molecule has 0 unspecified atom stereocenters. The lowest BCUT2D eigenvalue weighted by atomic mass is 10.3. The molecule has 0 saturated carbocycles. The minimum atomic E-state index is 1.07. The molecule has 84 valence electrons. The summed E-state index contributed by atoms with van der Waals surface area (Å²) in [6, 6.07) is 12.4. The molecule has 3 rings (SSSR count). The highest BCUT2D eigenvalue weighted by Crippen LogP contribution is 2.32. The normalized spacial score (nSPS) is 10.9. The number of nitrogens with zero attached hydrogens (tertiary/aromatic N) is 1. The van der Waals surface area contributed by atoms with Crippen molar-refractivity contribution >= 4 is 60.0 Å². The van der Waals surface area contributed by atoms with Crippen molar-refractivity contribution in [3.05, 3.63) is 40.0 Å². The molecule has 0 radical (unpaired) electrons. The molecule has 17 heavy (non-hydrogen) atoms. The Labute approximate surface area is 117 Å². The monoisotopic (exact) mass is 353 g/mol. The lowest BCUT2D eigenvalue weighted by molar-refractivity contribution is 1.48. The van der Waals surface area contributed by atoms with E-state index in [0.29, 0.717) is 0 Å². The largest absolute Gasteiger partial charge is 0.387 e. The number of hydrogen-bond acceptors (Lipinski definition) is 2. The highest BCUT2D eigenvalue weighted by atomic mass is 127. The van der Waals surface area contributed by atoms with E-state index in [-0.39, 0.29) is 0 Å². The van der Waals surface area contributed by atoms with Gasteiger partial charge in [0.05, 0.1) is 5.69 Å². The molecule has 0 bridgehead atoms. The van der Waals surface area contributed by atoms with Crippen LogP contribution in [0.1, 0.15) is 0 Å². The molecular formula is C13H10IN2S+. The highest BCUT2D eigenvalue weighted by molar-refractivity contribution is 14.1. The molecule has 0 aliphatic heterocycles. The molecule has 0 spiro atoms. The lowest BCUT2D eigenvalue weighted by Gasteiger charge is -2.01. The van der Waals surface area contributed by atoms with Crippen molar-refractivity contribution < 1.29 is 0 Å². The summed E-state index contributed by atoms with van der Waals surface area (Å²) < 4.78 is 3.72. The van der Waals surface area contributed by atoms with E-state index in [4.69, 9.17) is 4.98 Å². The van der Waals surface area contributed by atoms with E-state index in [1.165, 1.54) is 13.0 Å². The van der Waals surface area contributed by atoms with Gasteiger partial charge in [-0.1, -0.05) is 12.1 Å². The standard InChI is InChI=1S/C13H10IN2S/c1-15-9-6-7-10-13(12(9)14)17-11-5-3-2-4-8(11)16-10/h2-7,15H,1H3/q+1. The third-order valence-electron chi connectivity index (χ3n) is 2.66. The smallest absolute Gasteiger partial charge is 0.272 e. The van der Waals surface area contributed by atoms with E-state index in [1.807, 2.05) is 13.1 Å². The fraction of sp³-hybridized carbons (Fsp3) is 0.0769. The molecular weight excluding hydrogens is 343 g/mol. The first-order valence-corrected chi connectivity index (χ1v) is 7.18. The second-order valence-electron chi connectivity index (χ2n) is 3.71. The fourth-order valence-electron chi connectivity index (χ4n) is 1.80. The maximum atomic E-state index is 4.69. The number of fused-ring (bicyclic) bond motifs is 2. The van der Waals surface area contributed by atoms with Crippen LogP contribution in [0.25, 0.3) is 20.4 Å². The van der Waals surface area contributed by atoms with Gasteiger partial charge in [-0.15, -0.1) is 0 Å². The van der Waals surface area contributed by atoms with E-state index in [1.54, 1.807) is 11.3 Å². The van der Waals surface area contributed by atoms with Crippen LogP contribution in [0.15, 0.2) is 36.4 Å². The molecule has 0 saturated heterocycles. The van der Waals surface area contributed by atoms with E-state index in [0.717, 1.165) is 16.7 Å². The average Bonchev–Trinajstić information content (AvgIpc) is 2.37. The Kier molecular flexibility index (Phi) is 2.84. The zero-order chi connectivity index (χ0) is 11.8. The van der Waals surface area contributed by atoms with Crippen LogP contribution in [-0.4, -0.2) is 12.0 Å². The van der Waals surface area contributed by atoms with Crippen LogP contribution in [0, 0.1) is 3.57 Å². The Morgan fingerprint density at radius 2 is 1.94 bits per heavy atom. The molecule has 1 heterocycles. The van der Waals surface area contributed by atoms with Gasteiger partial charge < -0.3 is 5.32 Å². The van der Waals surface area contributed by atoms with E-state index < -0.39 is 0 Å². The van der Waals surface area contributed by atoms with Crippen molar-refractivity contribution in [2.75, 3.05) is 12.4 Å². The third-order valence-corrected chi connectivity index (χ3v) is 5.33. The van der Waals surface area contributed by atoms with E-state index >= 15 is 0 Å². The molecule has 3 aromatic rings. The van der Waals surface area contributed by atoms with Gasteiger partial charge in [0.1, 0.15) is 14.6 Å². The van der Waals surface area contributed by atoms with Gasteiger partial charge in [0, 0.05) is 13.1 Å². The van der Waals surface area contributed by atoms with Gasteiger partial charge in [-0.25, -0.2) is 4.98 Å². The minimum Gasteiger partial charge on any atom is -0.387 e. The van der Waals surface area contributed by atoms with E-state index in [9.17, 15) is 0 Å². The maximum Gasteiger partial charge on any atom is 0.272 e. The zero-order valence-electron chi connectivity index (χ0n) is 9.20. The quantitative estimate of drug-likeness (QED) is 0.399. The minimum absolute atomic E-state index is 1.07. The predicted molar refractivity (Wildman–Crippen MR) is 83.8 cm³/mol. The Hall–Kier alpha value is -1.01. The Morgan fingerprint density at radius 3 is 2.76 bits per heavy atom. The topological polar surface area (TPSA) is 24.9 Å². The van der Waals surface area contributed by atoms with Crippen molar-refractivity contribution in [1.29, 1.82) is 0 Å². The number of nitrogens with one attached hydrogen (secondary N) is 1. The number of benzene rings is 2. The van der Waals surface area contributed by atoms with Gasteiger partial charge in [0.25, 0.3) is 9.40 Å². The van der Waals surface area contributed by atoms with Crippen molar-refractivity contribution in [1.82, 2.24) is 4.98 Å². The molecule has 0 aliphatic rings. The second-order valence-corrected chi connectivity index (χ2v) is 5.84. The Balaban J connectivity index is 2.44. The van der Waals surface area contributed by atoms with Crippen molar-refractivity contribution in [3.63, 3.8) is 0 Å². The van der Waals surface area contributed by atoms with Gasteiger partial charge in [0.15, 0.2) is 0 Å². The van der Waals surface area contributed by atoms with Crippen molar-refractivity contribution in [3.8, 4) is 0 Å². The lowest BCUT2D eigenvalue weighted by Crippen LogP contribution is -1.92.